The van der Waals surface area contributed by atoms with E-state index >= 15 is 0 Å². The molecule has 4 heteroatoms. The molecule has 0 bridgehead atoms. The highest BCUT2D eigenvalue weighted by molar-refractivity contribution is 7.09. The Morgan fingerprint density at radius 2 is 1.00 bits per heavy atom. The molecule has 0 spiro atoms. The Kier molecular flexibility index (Phi) is 6.06. The number of aromatic nitrogens is 2. The molecular formula is C36H27BN2S. The maximum atomic E-state index is 6.36. The molecule has 0 aliphatic carbocycles. The molecule has 0 aliphatic rings. The summed E-state index contributed by atoms with van der Waals surface area (Å²) in [4.78, 5) is 0. The monoisotopic (exact) mass is 530 g/mol. The predicted molar refractivity (Wildman–Crippen MR) is 175 cm³/mol. The molecule has 5 aromatic carbocycles. The van der Waals surface area contributed by atoms with Crippen molar-refractivity contribution >= 4 is 68.3 Å². The number of thiophene rings is 1. The van der Waals surface area contributed by atoms with E-state index in [1.807, 2.05) is 19.2 Å². The van der Waals surface area contributed by atoms with Crippen molar-refractivity contribution < 1.29 is 0 Å². The molecular weight excluding hydrogens is 503 g/mol. The fourth-order valence-corrected chi connectivity index (χ4v) is 6.61. The van der Waals surface area contributed by atoms with Crippen LogP contribution in [0.4, 0.5) is 0 Å². The van der Waals surface area contributed by atoms with Crippen LogP contribution in [0.2, 0.25) is 0 Å². The van der Waals surface area contributed by atoms with Gasteiger partial charge < -0.3 is 9.13 Å². The Labute approximate surface area is 239 Å². The minimum atomic E-state index is 0.807. The quantitative estimate of drug-likeness (QED) is 0.201. The topological polar surface area (TPSA) is 9.86 Å². The van der Waals surface area contributed by atoms with E-state index in [4.69, 9.17) is 7.85 Å². The van der Waals surface area contributed by atoms with E-state index in [1.165, 1.54) is 60.4 Å². The SMILES string of the molecule is CC.[B]c1cscc1-n1c2ccccc2c2cc(-c3ccc4c(c3)c3ccccc3n4-c3ccccc3)ccc21. The molecule has 40 heavy (non-hydrogen) atoms. The zero-order valence-corrected chi connectivity index (χ0v) is 23.3. The van der Waals surface area contributed by atoms with Crippen LogP contribution < -0.4 is 5.46 Å². The molecule has 0 amide bonds. The van der Waals surface area contributed by atoms with Crippen LogP contribution >= 0.6 is 11.3 Å². The summed E-state index contributed by atoms with van der Waals surface area (Å²) in [7, 11) is 6.36. The minimum absolute atomic E-state index is 0.807. The zero-order chi connectivity index (χ0) is 27.2. The normalized spacial score (nSPS) is 11.3. The van der Waals surface area contributed by atoms with E-state index < -0.39 is 0 Å². The highest BCUT2D eigenvalue weighted by atomic mass is 32.1. The van der Waals surface area contributed by atoms with Crippen LogP contribution in [0, 0.1) is 0 Å². The Morgan fingerprint density at radius 1 is 0.500 bits per heavy atom. The van der Waals surface area contributed by atoms with E-state index in [0.29, 0.717) is 0 Å². The van der Waals surface area contributed by atoms with Crippen molar-refractivity contribution in [3.8, 4) is 22.5 Å². The average Bonchev–Trinajstić information content (AvgIpc) is 3.69. The van der Waals surface area contributed by atoms with Gasteiger partial charge in [-0.25, -0.2) is 0 Å². The van der Waals surface area contributed by atoms with Gasteiger partial charge in [-0.05, 0) is 65.0 Å². The molecule has 0 atom stereocenters. The first-order chi connectivity index (χ1) is 19.8. The molecule has 0 unspecified atom stereocenters. The Hall–Kier alpha value is -4.54. The molecule has 8 rings (SSSR count). The van der Waals surface area contributed by atoms with E-state index in [0.717, 1.165) is 11.2 Å². The lowest BCUT2D eigenvalue weighted by molar-refractivity contribution is 1.18. The van der Waals surface area contributed by atoms with Crippen LogP contribution in [0.25, 0.3) is 66.1 Å². The van der Waals surface area contributed by atoms with Gasteiger partial charge in [-0.2, -0.15) is 11.3 Å². The number of hydrogen-bond acceptors (Lipinski definition) is 1. The lowest BCUT2D eigenvalue weighted by atomic mass is 9.98. The third kappa shape index (κ3) is 3.71. The van der Waals surface area contributed by atoms with Crippen LogP contribution in [0.5, 0.6) is 0 Å². The molecule has 0 N–H and O–H groups in total. The highest BCUT2D eigenvalue weighted by Crippen LogP contribution is 2.38. The number of rotatable bonds is 3. The molecule has 0 aliphatic heterocycles. The van der Waals surface area contributed by atoms with Crippen molar-refractivity contribution in [2.24, 2.45) is 0 Å². The van der Waals surface area contributed by atoms with E-state index in [1.54, 1.807) is 11.3 Å². The lowest BCUT2D eigenvalue weighted by Crippen LogP contribution is -2.07. The summed E-state index contributed by atoms with van der Waals surface area (Å²) in [5.74, 6) is 0. The molecule has 190 valence electrons. The Balaban J connectivity index is 0.00000130. The third-order valence-corrected chi connectivity index (χ3v) is 8.35. The molecule has 2 radical (unpaired) electrons. The van der Waals surface area contributed by atoms with E-state index in [9.17, 15) is 0 Å². The van der Waals surface area contributed by atoms with Gasteiger partial charge in [-0.3, -0.25) is 0 Å². The van der Waals surface area contributed by atoms with E-state index in [-0.39, 0.29) is 0 Å². The largest absolute Gasteiger partial charge is 0.309 e. The van der Waals surface area contributed by atoms with Gasteiger partial charge in [0, 0.05) is 38.3 Å². The smallest absolute Gasteiger partial charge is 0.117 e. The molecule has 3 aromatic heterocycles. The van der Waals surface area contributed by atoms with Crippen LogP contribution in [-0.4, -0.2) is 17.0 Å². The van der Waals surface area contributed by atoms with Crippen LogP contribution in [0.3, 0.4) is 0 Å². The molecule has 3 heterocycles. The summed E-state index contributed by atoms with van der Waals surface area (Å²) in [5.41, 5.74) is 10.2. The van der Waals surface area contributed by atoms with Gasteiger partial charge in [0.2, 0.25) is 0 Å². The lowest BCUT2D eigenvalue weighted by Gasteiger charge is -2.09. The summed E-state index contributed by atoms with van der Waals surface area (Å²) >= 11 is 1.64. The van der Waals surface area contributed by atoms with Crippen molar-refractivity contribution in [1.82, 2.24) is 9.13 Å². The van der Waals surface area contributed by atoms with Crippen LogP contribution in [0.1, 0.15) is 13.8 Å². The van der Waals surface area contributed by atoms with Crippen molar-refractivity contribution in [2.75, 3.05) is 0 Å². The van der Waals surface area contributed by atoms with Gasteiger partial charge in [0.05, 0.1) is 22.1 Å². The molecule has 0 fully saturated rings. The fourth-order valence-electron chi connectivity index (χ4n) is 5.90. The second kappa shape index (κ2) is 9.89. The maximum Gasteiger partial charge on any atom is 0.117 e. The van der Waals surface area contributed by atoms with Gasteiger partial charge in [-0.15, -0.1) is 0 Å². The summed E-state index contributed by atoms with van der Waals surface area (Å²) in [6, 6.07) is 41.5. The highest BCUT2D eigenvalue weighted by Gasteiger charge is 2.16. The van der Waals surface area contributed by atoms with E-state index in [2.05, 4.69) is 130 Å². The number of hydrogen-bond donors (Lipinski definition) is 0. The summed E-state index contributed by atoms with van der Waals surface area (Å²) in [5, 5.41) is 9.12. The first-order valence-electron chi connectivity index (χ1n) is 13.7. The third-order valence-electron chi connectivity index (χ3n) is 7.60. The summed E-state index contributed by atoms with van der Waals surface area (Å²) < 4.78 is 4.65. The minimum Gasteiger partial charge on any atom is -0.309 e. The predicted octanol–water partition coefficient (Wildman–Crippen LogP) is 9.43. The Morgan fingerprint density at radius 3 is 1.57 bits per heavy atom. The van der Waals surface area contributed by atoms with Gasteiger partial charge in [0.25, 0.3) is 0 Å². The van der Waals surface area contributed by atoms with Gasteiger partial charge in [0.15, 0.2) is 0 Å². The van der Waals surface area contributed by atoms with Crippen LogP contribution in [0.15, 0.2) is 126 Å². The second-order valence-electron chi connectivity index (χ2n) is 9.72. The van der Waals surface area contributed by atoms with Gasteiger partial charge in [-0.1, -0.05) is 86.0 Å². The first-order valence-corrected chi connectivity index (χ1v) is 14.7. The van der Waals surface area contributed by atoms with Crippen molar-refractivity contribution in [3.63, 3.8) is 0 Å². The second-order valence-corrected chi connectivity index (χ2v) is 10.5. The number of benzene rings is 5. The first kappa shape index (κ1) is 24.5. The van der Waals surface area contributed by atoms with Gasteiger partial charge in [0.1, 0.15) is 7.85 Å². The fraction of sp³-hybridized carbons (Fsp3) is 0.0556. The van der Waals surface area contributed by atoms with Crippen LogP contribution in [-0.2, 0) is 0 Å². The zero-order valence-electron chi connectivity index (χ0n) is 22.5. The number of nitrogens with zero attached hydrogens (tertiary/aromatic N) is 2. The summed E-state index contributed by atoms with van der Waals surface area (Å²) in [6.07, 6.45) is 0. The standard InChI is InChI=1S/C34H21BN2S.C2H6/c35-29-20-38-21-34(29)37-31-13-7-5-11-26(31)28-19-23(15-17-33(28)37)22-14-16-32-27(18-22)25-10-4-6-12-30(25)36(32)24-8-2-1-3-9-24;1-2/h1-21H;1-2H3. The average molecular weight is 531 g/mol. The van der Waals surface area contributed by atoms with Crippen molar-refractivity contribution in [2.45, 2.75) is 13.8 Å². The summed E-state index contributed by atoms with van der Waals surface area (Å²) in [6.45, 7) is 4.00. The molecule has 2 nitrogen and oxygen atoms in total. The molecule has 0 saturated carbocycles. The Bertz CT molecular complexity index is 2150. The molecule has 8 aromatic rings. The van der Waals surface area contributed by atoms with Crippen molar-refractivity contribution in [1.29, 1.82) is 0 Å². The number of para-hydroxylation sites is 3. The maximum absolute atomic E-state index is 6.36. The van der Waals surface area contributed by atoms with Gasteiger partial charge >= 0.3 is 0 Å². The van der Waals surface area contributed by atoms with Crippen molar-refractivity contribution in [3.05, 3.63) is 126 Å². The number of fused-ring (bicyclic) bond motifs is 6. The molecule has 0 saturated heterocycles.